The molecule has 3 rings (SSSR count). The number of fused-ring (bicyclic) bond motifs is 1. The van der Waals surface area contributed by atoms with Gasteiger partial charge in [0.2, 0.25) is 0 Å². The van der Waals surface area contributed by atoms with Gasteiger partial charge in [-0.25, -0.2) is 4.79 Å². The lowest BCUT2D eigenvalue weighted by atomic mass is 9.95. The molecular weight excluding hydrogens is 398 g/mol. The Bertz CT molecular complexity index is 984. The van der Waals surface area contributed by atoms with Gasteiger partial charge in [0.05, 0.1) is 17.1 Å². The summed E-state index contributed by atoms with van der Waals surface area (Å²) in [5, 5.41) is 16.1. The number of imide groups is 1. The zero-order valence-electron chi connectivity index (χ0n) is 15.6. The molecule has 1 aliphatic rings. The Morgan fingerprint density at radius 1 is 1.21 bits per heavy atom. The molecule has 0 bridgehead atoms. The second-order valence-electron chi connectivity index (χ2n) is 6.35. The summed E-state index contributed by atoms with van der Waals surface area (Å²) in [6.45, 7) is 1.75. The van der Waals surface area contributed by atoms with Gasteiger partial charge in [-0.05, 0) is 44.2 Å². The Kier molecular flexibility index (Phi) is 6.23. The maximum Gasteiger partial charge on any atom is 0.414 e. The molecule has 10 heteroatoms. The molecule has 3 amide bonds. The molecule has 1 aromatic carbocycles. The van der Waals surface area contributed by atoms with Crippen LogP contribution in [0.2, 0.25) is 0 Å². The molecule has 2 N–H and O–H groups in total. The number of alkyl carbamates (subject to hydrolysis) is 1. The van der Waals surface area contributed by atoms with E-state index in [1.807, 2.05) is 0 Å². The minimum absolute atomic E-state index is 0.0994. The fourth-order valence-corrected chi connectivity index (χ4v) is 4.43. The summed E-state index contributed by atoms with van der Waals surface area (Å²) in [6.07, 6.45) is 2.48. The number of hydrogen-bond acceptors (Lipinski definition) is 7. The Labute approximate surface area is 170 Å². The largest absolute Gasteiger partial charge is 0.450 e. The monoisotopic (exact) mass is 417 g/mol. The van der Waals surface area contributed by atoms with Crippen molar-refractivity contribution in [3.05, 3.63) is 55.9 Å². The first-order chi connectivity index (χ1) is 13.9. The highest BCUT2D eigenvalue weighted by atomic mass is 32.1. The van der Waals surface area contributed by atoms with E-state index in [0.717, 1.165) is 29.7 Å². The third-order valence-corrected chi connectivity index (χ3v) is 5.64. The Hall–Kier alpha value is -3.27. The van der Waals surface area contributed by atoms with Crippen LogP contribution >= 0.6 is 11.3 Å². The summed E-state index contributed by atoms with van der Waals surface area (Å²) in [6, 6.07) is 5.33. The fraction of sp³-hybridized carbons (Fsp3) is 0.316. The van der Waals surface area contributed by atoms with E-state index in [1.165, 1.54) is 35.6 Å². The summed E-state index contributed by atoms with van der Waals surface area (Å²) in [4.78, 5) is 48.4. The maximum atomic E-state index is 12.7. The molecule has 0 unspecified atom stereocenters. The predicted octanol–water partition coefficient (Wildman–Crippen LogP) is 3.67. The van der Waals surface area contributed by atoms with Crippen LogP contribution in [0.1, 0.15) is 50.9 Å². The van der Waals surface area contributed by atoms with Crippen molar-refractivity contribution >= 4 is 39.9 Å². The third kappa shape index (κ3) is 4.60. The standard InChI is InChI=1S/C19H19N3O6S/c1-2-28-19(25)21-17(24)15-13-8-3-4-9-14(13)29-18(15)20-16(23)11-6-5-7-12(10-11)22(26)27/h5-7,10H,2-4,8-9H2,1H3,(H,20,23)(H,21,24,25). The van der Waals surface area contributed by atoms with E-state index in [1.54, 1.807) is 6.92 Å². The van der Waals surface area contributed by atoms with Crippen LogP contribution < -0.4 is 10.6 Å². The molecule has 0 radical (unpaired) electrons. The van der Waals surface area contributed by atoms with Crippen molar-refractivity contribution in [2.24, 2.45) is 0 Å². The first-order valence-corrected chi connectivity index (χ1v) is 9.90. The number of aryl methyl sites for hydroxylation is 1. The van der Waals surface area contributed by atoms with Crippen LogP contribution in [0.25, 0.3) is 0 Å². The lowest BCUT2D eigenvalue weighted by Crippen LogP contribution is -2.32. The van der Waals surface area contributed by atoms with Gasteiger partial charge < -0.3 is 10.1 Å². The van der Waals surface area contributed by atoms with Crippen LogP contribution in [0.3, 0.4) is 0 Å². The van der Waals surface area contributed by atoms with E-state index >= 15 is 0 Å². The van der Waals surface area contributed by atoms with Crippen LogP contribution in [0.5, 0.6) is 0 Å². The number of thiophene rings is 1. The predicted molar refractivity (Wildman–Crippen MR) is 106 cm³/mol. The molecule has 0 spiro atoms. The summed E-state index contributed by atoms with van der Waals surface area (Å²) >= 11 is 1.29. The van der Waals surface area contributed by atoms with Gasteiger partial charge in [-0.2, -0.15) is 0 Å². The molecule has 0 aliphatic heterocycles. The van der Waals surface area contributed by atoms with Gasteiger partial charge in [0.25, 0.3) is 17.5 Å². The number of ether oxygens (including phenoxy) is 1. The normalized spacial score (nSPS) is 12.6. The Morgan fingerprint density at radius 2 is 1.97 bits per heavy atom. The number of amides is 3. The van der Waals surface area contributed by atoms with Crippen molar-refractivity contribution in [3.63, 3.8) is 0 Å². The zero-order valence-corrected chi connectivity index (χ0v) is 16.5. The second kappa shape index (κ2) is 8.82. The molecule has 1 aromatic heterocycles. The molecule has 1 aliphatic carbocycles. The van der Waals surface area contributed by atoms with Gasteiger partial charge in [-0.1, -0.05) is 6.07 Å². The quantitative estimate of drug-likeness (QED) is 0.564. The highest BCUT2D eigenvalue weighted by Crippen LogP contribution is 2.38. The SMILES string of the molecule is CCOC(=O)NC(=O)c1c(NC(=O)c2cccc([N+](=O)[O-])c2)sc2c1CCCC2. The van der Waals surface area contributed by atoms with Crippen molar-refractivity contribution in [2.45, 2.75) is 32.6 Å². The van der Waals surface area contributed by atoms with Crippen molar-refractivity contribution < 1.29 is 24.0 Å². The molecule has 152 valence electrons. The summed E-state index contributed by atoms with van der Waals surface area (Å²) < 4.78 is 4.76. The molecule has 1 heterocycles. The van der Waals surface area contributed by atoms with E-state index < -0.39 is 22.8 Å². The number of carbonyl (C=O) groups excluding carboxylic acids is 3. The van der Waals surface area contributed by atoms with E-state index in [2.05, 4.69) is 10.6 Å². The number of rotatable bonds is 5. The molecular formula is C19H19N3O6S. The molecule has 0 fully saturated rings. The van der Waals surface area contributed by atoms with Gasteiger partial charge in [-0.3, -0.25) is 25.0 Å². The van der Waals surface area contributed by atoms with Crippen LogP contribution in [0.15, 0.2) is 24.3 Å². The van der Waals surface area contributed by atoms with Crippen molar-refractivity contribution in [3.8, 4) is 0 Å². The number of anilines is 1. The van der Waals surface area contributed by atoms with Gasteiger partial charge >= 0.3 is 6.09 Å². The Balaban J connectivity index is 1.90. The second-order valence-corrected chi connectivity index (χ2v) is 7.46. The van der Waals surface area contributed by atoms with Crippen LogP contribution in [-0.2, 0) is 17.6 Å². The van der Waals surface area contributed by atoms with E-state index in [0.29, 0.717) is 11.4 Å². The van der Waals surface area contributed by atoms with Gasteiger partial charge in [0, 0.05) is 22.6 Å². The third-order valence-electron chi connectivity index (χ3n) is 4.44. The number of non-ortho nitro benzene ring substituents is 1. The van der Waals surface area contributed by atoms with Crippen molar-refractivity contribution in [1.29, 1.82) is 0 Å². The number of nitro groups is 1. The minimum Gasteiger partial charge on any atom is -0.450 e. The number of carbonyl (C=O) groups is 3. The molecule has 0 atom stereocenters. The van der Waals surface area contributed by atoms with Crippen molar-refractivity contribution in [2.75, 3.05) is 11.9 Å². The number of nitro benzene ring substituents is 1. The first kappa shape index (κ1) is 20.5. The number of hydrogen-bond donors (Lipinski definition) is 2. The van der Waals surface area contributed by atoms with E-state index in [9.17, 15) is 24.5 Å². The lowest BCUT2D eigenvalue weighted by molar-refractivity contribution is -0.384. The van der Waals surface area contributed by atoms with Gasteiger partial charge in [0.15, 0.2) is 0 Å². The average molecular weight is 417 g/mol. The zero-order chi connectivity index (χ0) is 21.0. The van der Waals surface area contributed by atoms with Crippen LogP contribution in [-0.4, -0.2) is 29.4 Å². The van der Waals surface area contributed by atoms with Crippen LogP contribution in [0, 0.1) is 10.1 Å². The first-order valence-electron chi connectivity index (χ1n) is 9.09. The average Bonchev–Trinajstić information content (AvgIpc) is 3.06. The molecule has 9 nitrogen and oxygen atoms in total. The van der Waals surface area contributed by atoms with E-state index in [-0.39, 0.29) is 23.4 Å². The summed E-state index contributed by atoms with van der Waals surface area (Å²) in [5.74, 6) is -1.21. The maximum absolute atomic E-state index is 12.7. The molecule has 0 saturated carbocycles. The Morgan fingerprint density at radius 3 is 2.69 bits per heavy atom. The number of benzene rings is 1. The minimum atomic E-state index is -0.857. The summed E-state index contributed by atoms with van der Waals surface area (Å²) in [5.41, 5.74) is 0.958. The topological polar surface area (TPSA) is 128 Å². The van der Waals surface area contributed by atoms with E-state index in [4.69, 9.17) is 4.74 Å². The molecule has 2 aromatic rings. The molecule has 29 heavy (non-hydrogen) atoms. The fourth-order valence-electron chi connectivity index (χ4n) is 3.15. The van der Waals surface area contributed by atoms with Crippen LogP contribution in [0.4, 0.5) is 15.5 Å². The highest BCUT2D eigenvalue weighted by molar-refractivity contribution is 7.17. The number of nitrogens with zero attached hydrogens (tertiary/aromatic N) is 1. The van der Waals surface area contributed by atoms with Gasteiger partial charge in [-0.15, -0.1) is 11.3 Å². The summed E-state index contributed by atoms with van der Waals surface area (Å²) in [7, 11) is 0. The smallest absolute Gasteiger partial charge is 0.414 e. The van der Waals surface area contributed by atoms with Crippen molar-refractivity contribution in [1.82, 2.24) is 5.32 Å². The molecule has 0 saturated heterocycles. The number of nitrogens with one attached hydrogen (secondary N) is 2. The highest BCUT2D eigenvalue weighted by Gasteiger charge is 2.28. The lowest BCUT2D eigenvalue weighted by Gasteiger charge is -2.13. The van der Waals surface area contributed by atoms with Gasteiger partial charge in [0.1, 0.15) is 5.00 Å².